The molecule has 1 heteroatoms. The summed E-state index contributed by atoms with van der Waals surface area (Å²) in [5.74, 6) is 1.23. The lowest BCUT2D eigenvalue weighted by Gasteiger charge is -2.33. The van der Waals surface area contributed by atoms with Gasteiger partial charge in [-0.1, -0.05) is 54.6 Å². The highest BCUT2D eigenvalue weighted by molar-refractivity contribution is 5.63. The Morgan fingerprint density at radius 3 is 2.15 bits per heavy atom. The maximum Gasteiger partial charge on any atom is 0.0927 e. The van der Waals surface area contributed by atoms with E-state index in [2.05, 4.69) is 48.5 Å². The van der Waals surface area contributed by atoms with Crippen molar-refractivity contribution in [2.24, 2.45) is 11.8 Å². The van der Waals surface area contributed by atoms with Crippen molar-refractivity contribution >= 4 is 0 Å². The van der Waals surface area contributed by atoms with E-state index >= 15 is 0 Å². The molecule has 3 unspecified atom stereocenters. The van der Waals surface area contributed by atoms with Crippen LogP contribution in [0, 0.1) is 11.8 Å². The SMILES string of the molecule is OC1(c2ccc(-c3ccccc3)cc2)CC2CCC1C2. The van der Waals surface area contributed by atoms with E-state index in [4.69, 9.17) is 0 Å². The molecule has 0 spiro atoms. The van der Waals surface area contributed by atoms with Gasteiger partial charge in [-0.3, -0.25) is 0 Å². The van der Waals surface area contributed by atoms with Crippen molar-refractivity contribution in [1.82, 2.24) is 0 Å². The summed E-state index contributed by atoms with van der Waals surface area (Å²) in [6.45, 7) is 0. The topological polar surface area (TPSA) is 20.2 Å². The largest absolute Gasteiger partial charge is 0.385 e. The first-order chi connectivity index (χ1) is 9.75. The first kappa shape index (κ1) is 12.2. The van der Waals surface area contributed by atoms with Gasteiger partial charge in [-0.15, -0.1) is 0 Å². The standard InChI is InChI=1S/C19H20O/c20-19(13-14-6-9-18(19)12-14)17-10-7-16(8-11-17)15-4-2-1-3-5-15/h1-5,7-8,10-11,14,18,20H,6,9,12-13H2. The molecule has 0 aromatic heterocycles. The minimum absolute atomic E-state index is 0.482. The number of fused-ring (bicyclic) bond motifs is 2. The molecule has 2 bridgehead atoms. The number of aliphatic hydroxyl groups is 1. The Hall–Kier alpha value is -1.60. The van der Waals surface area contributed by atoms with Gasteiger partial charge in [0.05, 0.1) is 5.60 Å². The average Bonchev–Trinajstić information content (AvgIpc) is 3.09. The predicted octanol–water partition coefficient (Wildman–Crippen LogP) is 4.36. The van der Waals surface area contributed by atoms with Crippen molar-refractivity contribution in [3.8, 4) is 11.1 Å². The molecule has 2 aromatic carbocycles. The summed E-state index contributed by atoms with van der Waals surface area (Å²) in [6, 6.07) is 19.0. The summed E-state index contributed by atoms with van der Waals surface area (Å²) in [5, 5.41) is 11.0. The molecule has 3 atom stereocenters. The van der Waals surface area contributed by atoms with Crippen LogP contribution in [0.4, 0.5) is 0 Å². The zero-order valence-corrected chi connectivity index (χ0v) is 11.6. The molecule has 0 amide bonds. The van der Waals surface area contributed by atoms with Crippen LogP contribution >= 0.6 is 0 Å². The molecule has 102 valence electrons. The Balaban J connectivity index is 1.65. The molecule has 20 heavy (non-hydrogen) atoms. The molecule has 2 aliphatic carbocycles. The quantitative estimate of drug-likeness (QED) is 0.854. The maximum absolute atomic E-state index is 11.0. The van der Waals surface area contributed by atoms with Gasteiger partial charge in [-0.05, 0) is 54.2 Å². The molecular formula is C19H20O. The van der Waals surface area contributed by atoms with Gasteiger partial charge < -0.3 is 5.11 Å². The third kappa shape index (κ3) is 1.81. The minimum atomic E-state index is -0.557. The fraction of sp³-hybridized carbons (Fsp3) is 0.368. The van der Waals surface area contributed by atoms with E-state index in [1.165, 1.54) is 30.4 Å². The van der Waals surface area contributed by atoms with Gasteiger partial charge in [-0.25, -0.2) is 0 Å². The van der Waals surface area contributed by atoms with Crippen molar-refractivity contribution in [2.45, 2.75) is 31.3 Å². The van der Waals surface area contributed by atoms with Crippen LogP contribution in [0.2, 0.25) is 0 Å². The third-order valence-electron chi connectivity index (χ3n) is 5.31. The zero-order valence-electron chi connectivity index (χ0n) is 11.6. The van der Waals surface area contributed by atoms with Crippen molar-refractivity contribution in [1.29, 1.82) is 0 Å². The van der Waals surface area contributed by atoms with E-state index in [9.17, 15) is 5.11 Å². The molecule has 2 aromatic rings. The molecule has 4 rings (SSSR count). The van der Waals surface area contributed by atoms with Gasteiger partial charge in [-0.2, -0.15) is 0 Å². The van der Waals surface area contributed by atoms with Crippen LogP contribution in [0.25, 0.3) is 11.1 Å². The van der Waals surface area contributed by atoms with E-state index in [-0.39, 0.29) is 0 Å². The Morgan fingerprint density at radius 1 is 0.850 bits per heavy atom. The molecule has 0 radical (unpaired) electrons. The lowest BCUT2D eigenvalue weighted by Crippen LogP contribution is -2.32. The highest BCUT2D eigenvalue weighted by Gasteiger charge is 2.50. The Morgan fingerprint density at radius 2 is 1.55 bits per heavy atom. The average molecular weight is 264 g/mol. The lowest BCUT2D eigenvalue weighted by atomic mass is 9.78. The summed E-state index contributed by atoms with van der Waals surface area (Å²) in [5.41, 5.74) is 3.02. The number of hydrogen-bond donors (Lipinski definition) is 1. The van der Waals surface area contributed by atoms with Crippen LogP contribution in [-0.4, -0.2) is 5.11 Å². The summed E-state index contributed by atoms with van der Waals surface area (Å²) in [7, 11) is 0. The fourth-order valence-electron chi connectivity index (χ4n) is 4.24. The first-order valence-electron chi connectivity index (χ1n) is 7.64. The van der Waals surface area contributed by atoms with Gasteiger partial charge in [0, 0.05) is 0 Å². The second kappa shape index (κ2) is 4.46. The van der Waals surface area contributed by atoms with Crippen molar-refractivity contribution < 1.29 is 5.11 Å². The van der Waals surface area contributed by atoms with E-state index in [1.807, 2.05) is 6.07 Å². The van der Waals surface area contributed by atoms with Gasteiger partial charge in [0.15, 0.2) is 0 Å². The highest BCUT2D eigenvalue weighted by Crippen LogP contribution is 2.55. The molecule has 2 saturated carbocycles. The van der Waals surface area contributed by atoms with Crippen LogP contribution in [0.5, 0.6) is 0 Å². The van der Waals surface area contributed by atoms with Crippen molar-refractivity contribution in [3.05, 3.63) is 60.2 Å². The molecule has 1 N–H and O–H groups in total. The molecule has 0 heterocycles. The lowest BCUT2D eigenvalue weighted by molar-refractivity contribution is -0.0182. The van der Waals surface area contributed by atoms with Crippen LogP contribution in [-0.2, 0) is 5.60 Å². The Bertz CT molecular complexity index is 601. The molecule has 2 fully saturated rings. The fourth-order valence-corrected chi connectivity index (χ4v) is 4.24. The summed E-state index contributed by atoms with van der Waals surface area (Å²) in [4.78, 5) is 0. The normalized spacial score (nSPS) is 31.6. The van der Waals surface area contributed by atoms with Crippen molar-refractivity contribution in [2.75, 3.05) is 0 Å². The van der Waals surface area contributed by atoms with E-state index in [0.717, 1.165) is 17.9 Å². The van der Waals surface area contributed by atoms with E-state index in [1.54, 1.807) is 0 Å². The maximum atomic E-state index is 11.0. The van der Waals surface area contributed by atoms with Crippen molar-refractivity contribution in [3.63, 3.8) is 0 Å². The summed E-state index contributed by atoms with van der Waals surface area (Å²) in [6.07, 6.45) is 4.69. The highest BCUT2D eigenvalue weighted by atomic mass is 16.3. The first-order valence-corrected chi connectivity index (χ1v) is 7.64. The van der Waals surface area contributed by atoms with Crippen LogP contribution in [0.15, 0.2) is 54.6 Å². The third-order valence-corrected chi connectivity index (χ3v) is 5.31. The molecule has 0 aliphatic heterocycles. The Labute approximate surface area is 120 Å². The van der Waals surface area contributed by atoms with Gasteiger partial charge in [0.1, 0.15) is 0 Å². The molecule has 1 nitrogen and oxygen atoms in total. The number of hydrogen-bond acceptors (Lipinski definition) is 1. The van der Waals surface area contributed by atoms with E-state index in [0.29, 0.717) is 5.92 Å². The summed E-state index contributed by atoms with van der Waals surface area (Å²) < 4.78 is 0. The Kier molecular flexibility index (Phi) is 2.71. The van der Waals surface area contributed by atoms with Gasteiger partial charge in [0.25, 0.3) is 0 Å². The molecular weight excluding hydrogens is 244 g/mol. The molecule has 2 aliphatic rings. The second-order valence-corrected chi connectivity index (χ2v) is 6.45. The van der Waals surface area contributed by atoms with Crippen LogP contribution < -0.4 is 0 Å². The van der Waals surface area contributed by atoms with E-state index < -0.39 is 5.60 Å². The monoisotopic (exact) mass is 264 g/mol. The molecule has 0 saturated heterocycles. The smallest absolute Gasteiger partial charge is 0.0927 e. The summed E-state index contributed by atoms with van der Waals surface area (Å²) >= 11 is 0. The second-order valence-electron chi connectivity index (χ2n) is 6.45. The van der Waals surface area contributed by atoms with Gasteiger partial charge in [0.2, 0.25) is 0 Å². The predicted molar refractivity (Wildman–Crippen MR) is 81.2 cm³/mol. The van der Waals surface area contributed by atoms with Gasteiger partial charge >= 0.3 is 0 Å². The van der Waals surface area contributed by atoms with Crippen LogP contribution in [0.3, 0.4) is 0 Å². The number of benzene rings is 2. The van der Waals surface area contributed by atoms with Crippen LogP contribution in [0.1, 0.15) is 31.2 Å². The zero-order chi connectivity index (χ0) is 13.6. The number of rotatable bonds is 2. The minimum Gasteiger partial charge on any atom is -0.385 e.